The number of rotatable bonds is 9. The standard InChI is InChI=1S/C20H30O5/c1-22-10-14-5-15(11-23-2)7-16(6-14)17-8-18(12-24-3)20(21)19(9-17)13-25-4/h5-6,8,15,18-19H,7,9-13H2,1-4H3. The Hall–Kier alpha value is -1.27. The molecule has 0 aromatic carbocycles. The van der Waals surface area contributed by atoms with Gasteiger partial charge in [0.15, 0.2) is 0 Å². The number of hydrogen-bond donors (Lipinski definition) is 0. The molecule has 0 aromatic rings. The normalized spacial score (nSPS) is 27.0. The first-order valence-electron chi connectivity index (χ1n) is 8.74. The number of hydrogen-bond acceptors (Lipinski definition) is 5. The van der Waals surface area contributed by atoms with Gasteiger partial charge in [-0.1, -0.05) is 18.2 Å². The molecule has 2 aliphatic rings. The molecule has 0 aromatic heterocycles. The first-order chi connectivity index (χ1) is 12.1. The minimum Gasteiger partial charge on any atom is -0.384 e. The fraction of sp³-hybridized carbons (Fsp3) is 0.650. The Morgan fingerprint density at radius 2 is 1.60 bits per heavy atom. The number of carbonyl (C=O) groups excluding carboxylic acids is 1. The molecule has 5 heteroatoms. The maximum atomic E-state index is 12.6. The van der Waals surface area contributed by atoms with Crippen LogP contribution in [0.15, 0.2) is 34.9 Å². The number of ketones is 1. The lowest BCUT2D eigenvalue weighted by Gasteiger charge is -2.30. The van der Waals surface area contributed by atoms with E-state index in [2.05, 4.69) is 18.2 Å². The van der Waals surface area contributed by atoms with Gasteiger partial charge in [-0.05, 0) is 29.6 Å². The predicted octanol–water partition coefficient (Wildman–Crippen LogP) is 2.58. The molecule has 2 rings (SSSR count). The van der Waals surface area contributed by atoms with Crippen LogP contribution in [-0.2, 0) is 23.7 Å². The molecule has 25 heavy (non-hydrogen) atoms. The first-order valence-corrected chi connectivity index (χ1v) is 8.74. The van der Waals surface area contributed by atoms with Crippen molar-refractivity contribution in [2.24, 2.45) is 17.8 Å². The summed E-state index contributed by atoms with van der Waals surface area (Å²) < 4.78 is 21.2. The summed E-state index contributed by atoms with van der Waals surface area (Å²) in [7, 11) is 6.71. The average molecular weight is 350 g/mol. The lowest BCUT2D eigenvalue weighted by Crippen LogP contribution is -2.33. The second-order valence-electron chi connectivity index (χ2n) is 6.78. The molecule has 0 heterocycles. The van der Waals surface area contributed by atoms with E-state index < -0.39 is 0 Å². The van der Waals surface area contributed by atoms with Gasteiger partial charge in [0, 0.05) is 40.3 Å². The molecular formula is C20H30O5. The second-order valence-corrected chi connectivity index (χ2v) is 6.78. The van der Waals surface area contributed by atoms with Crippen LogP contribution >= 0.6 is 0 Å². The third-order valence-corrected chi connectivity index (χ3v) is 4.75. The van der Waals surface area contributed by atoms with Crippen molar-refractivity contribution in [1.82, 2.24) is 0 Å². The summed E-state index contributed by atoms with van der Waals surface area (Å²) >= 11 is 0. The van der Waals surface area contributed by atoms with E-state index in [1.54, 1.807) is 28.4 Å². The van der Waals surface area contributed by atoms with Gasteiger partial charge in [0.1, 0.15) is 5.78 Å². The summed E-state index contributed by atoms with van der Waals surface area (Å²) in [4.78, 5) is 12.6. The van der Waals surface area contributed by atoms with Crippen molar-refractivity contribution in [3.8, 4) is 0 Å². The van der Waals surface area contributed by atoms with Crippen LogP contribution in [0.4, 0.5) is 0 Å². The summed E-state index contributed by atoms with van der Waals surface area (Å²) in [6, 6.07) is 0. The summed E-state index contributed by atoms with van der Waals surface area (Å²) in [5, 5.41) is 0. The third kappa shape index (κ3) is 5.35. The fourth-order valence-corrected chi connectivity index (χ4v) is 3.73. The molecule has 0 amide bonds. The minimum absolute atomic E-state index is 0.108. The van der Waals surface area contributed by atoms with Crippen LogP contribution in [0.3, 0.4) is 0 Å². The quantitative estimate of drug-likeness (QED) is 0.640. The minimum atomic E-state index is -0.201. The molecule has 0 aliphatic heterocycles. The maximum Gasteiger partial charge on any atom is 0.147 e. The molecule has 0 bridgehead atoms. The lowest BCUT2D eigenvalue weighted by atomic mass is 9.76. The highest BCUT2D eigenvalue weighted by atomic mass is 16.5. The fourth-order valence-electron chi connectivity index (χ4n) is 3.73. The Balaban J connectivity index is 2.27. The first kappa shape index (κ1) is 20.0. The van der Waals surface area contributed by atoms with Crippen LogP contribution in [0.25, 0.3) is 0 Å². The highest BCUT2D eigenvalue weighted by Crippen LogP contribution is 2.36. The van der Waals surface area contributed by atoms with Crippen molar-refractivity contribution in [2.45, 2.75) is 12.8 Å². The van der Waals surface area contributed by atoms with E-state index in [1.807, 2.05) is 0 Å². The van der Waals surface area contributed by atoms with Gasteiger partial charge in [-0.25, -0.2) is 0 Å². The van der Waals surface area contributed by atoms with E-state index in [9.17, 15) is 4.79 Å². The average Bonchev–Trinajstić information content (AvgIpc) is 2.59. The number of ether oxygens (including phenoxy) is 4. The van der Waals surface area contributed by atoms with Gasteiger partial charge >= 0.3 is 0 Å². The van der Waals surface area contributed by atoms with E-state index in [-0.39, 0.29) is 17.6 Å². The molecular weight excluding hydrogens is 320 g/mol. The van der Waals surface area contributed by atoms with E-state index in [0.29, 0.717) is 32.3 Å². The highest BCUT2D eigenvalue weighted by Gasteiger charge is 2.33. The molecule has 0 saturated heterocycles. The Morgan fingerprint density at radius 3 is 2.24 bits per heavy atom. The molecule has 0 radical (unpaired) electrons. The summed E-state index contributed by atoms with van der Waals surface area (Å²) in [6.07, 6.45) is 8.15. The predicted molar refractivity (Wildman–Crippen MR) is 96.5 cm³/mol. The van der Waals surface area contributed by atoms with Crippen molar-refractivity contribution in [1.29, 1.82) is 0 Å². The lowest BCUT2D eigenvalue weighted by molar-refractivity contribution is -0.129. The molecule has 0 N–H and O–H groups in total. The number of allylic oxidation sites excluding steroid dienone is 2. The van der Waals surface area contributed by atoms with Crippen LogP contribution in [0.5, 0.6) is 0 Å². The summed E-state index contributed by atoms with van der Waals surface area (Å²) in [5.41, 5.74) is 3.66. The van der Waals surface area contributed by atoms with Gasteiger partial charge in [-0.2, -0.15) is 0 Å². The van der Waals surface area contributed by atoms with E-state index in [4.69, 9.17) is 18.9 Å². The van der Waals surface area contributed by atoms with Crippen molar-refractivity contribution in [3.63, 3.8) is 0 Å². The SMILES string of the molecule is COCC1=CC(COC)CC(C2=CC(COC)C(=O)C(COC)C2)=C1. The molecule has 2 aliphatic carbocycles. The molecule has 3 unspecified atom stereocenters. The molecule has 3 atom stereocenters. The molecule has 0 saturated carbocycles. The van der Waals surface area contributed by atoms with E-state index in [0.717, 1.165) is 18.4 Å². The molecule has 5 nitrogen and oxygen atoms in total. The molecule has 0 spiro atoms. The van der Waals surface area contributed by atoms with Crippen molar-refractivity contribution in [3.05, 3.63) is 34.9 Å². The van der Waals surface area contributed by atoms with Gasteiger partial charge in [-0.3, -0.25) is 4.79 Å². The van der Waals surface area contributed by atoms with Gasteiger partial charge in [0.2, 0.25) is 0 Å². The Labute approximate surface area is 150 Å². The largest absolute Gasteiger partial charge is 0.384 e. The monoisotopic (exact) mass is 350 g/mol. The van der Waals surface area contributed by atoms with E-state index >= 15 is 0 Å². The Bertz CT molecular complexity index is 546. The third-order valence-electron chi connectivity index (χ3n) is 4.75. The number of Topliss-reactive ketones (excluding diaryl/α,β-unsaturated/α-hetero) is 1. The maximum absolute atomic E-state index is 12.6. The highest BCUT2D eigenvalue weighted by molar-refractivity contribution is 5.87. The number of carbonyl (C=O) groups is 1. The second kappa shape index (κ2) is 10.0. The summed E-state index contributed by atoms with van der Waals surface area (Å²) in [5.74, 6) is 0.233. The smallest absolute Gasteiger partial charge is 0.147 e. The molecule has 140 valence electrons. The topological polar surface area (TPSA) is 54.0 Å². The van der Waals surface area contributed by atoms with Gasteiger partial charge in [-0.15, -0.1) is 0 Å². The number of methoxy groups -OCH3 is 4. The van der Waals surface area contributed by atoms with Crippen LogP contribution < -0.4 is 0 Å². The van der Waals surface area contributed by atoms with Gasteiger partial charge in [0.25, 0.3) is 0 Å². The zero-order chi connectivity index (χ0) is 18.2. The summed E-state index contributed by atoms with van der Waals surface area (Å²) in [6.45, 7) is 2.13. The van der Waals surface area contributed by atoms with Crippen LogP contribution in [-0.4, -0.2) is 60.6 Å². The Kier molecular flexibility index (Phi) is 8.03. The van der Waals surface area contributed by atoms with Gasteiger partial charge in [0.05, 0.1) is 32.3 Å². The van der Waals surface area contributed by atoms with Crippen molar-refractivity contribution >= 4 is 5.78 Å². The van der Waals surface area contributed by atoms with E-state index in [1.165, 1.54) is 11.1 Å². The van der Waals surface area contributed by atoms with Crippen LogP contribution in [0, 0.1) is 17.8 Å². The van der Waals surface area contributed by atoms with Crippen LogP contribution in [0.2, 0.25) is 0 Å². The molecule has 0 fully saturated rings. The van der Waals surface area contributed by atoms with Crippen molar-refractivity contribution in [2.75, 3.05) is 54.9 Å². The van der Waals surface area contributed by atoms with Crippen LogP contribution in [0.1, 0.15) is 12.8 Å². The zero-order valence-corrected chi connectivity index (χ0v) is 15.7. The zero-order valence-electron chi connectivity index (χ0n) is 15.7. The van der Waals surface area contributed by atoms with Gasteiger partial charge < -0.3 is 18.9 Å². The Morgan fingerprint density at radius 1 is 0.880 bits per heavy atom. The van der Waals surface area contributed by atoms with Crippen molar-refractivity contribution < 1.29 is 23.7 Å².